The fourth-order valence-corrected chi connectivity index (χ4v) is 1.50. The van der Waals surface area contributed by atoms with E-state index in [0.29, 0.717) is 18.7 Å². The van der Waals surface area contributed by atoms with Gasteiger partial charge >= 0.3 is 0 Å². The number of methoxy groups -OCH3 is 1. The highest BCUT2D eigenvalue weighted by Crippen LogP contribution is 2.13. The van der Waals surface area contributed by atoms with E-state index in [-0.39, 0.29) is 11.1 Å². The Balaban J connectivity index is 2.60. The van der Waals surface area contributed by atoms with E-state index < -0.39 is 0 Å². The van der Waals surface area contributed by atoms with E-state index >= 15 is 0 Å². The lowest BCUT2D eigenvalue weighted by atomic mass is 10.2. The van der Waals surface area contributed by atoms with Gasteiger partial charge in [-0.3, -0.25) is 4.79 Å². The van der Waals surface area contributed by atoms with Crippen LogP contribution in [0.3, 0.4) is 0 Å². The van der Waals surface area contributed by atoms with E-state index in [2.05, 4.69) is 4.98 Å². The maximum absolute atomic E-state index is 11.9. The molecule has 0 atom stereocenters. The Morgan fingerprint density at radius 3 is 3.00 bits per heavy atom. The van der Waals surface area contributed by atoms with Crippen LogP contribution >= 0.6 is 11.6 Å². The van der Waals surface area contributed by atoms with Gasteiger partial charge in [0, 0.05) is 33.5 Å². The monoisotopic (exact) mass is 242 g/mol. The van der Waals surface area contributed by atoms with Crippen LogP contribution in [0.1, 0.15) is 16.8 Å². The Morgan fingerprint density at radius 2 is 2.38 bits per heavy atom. The van der Waals surface area contributed by atoms with Crippen molar-refractivity contribution >= 4 is 17.5 Å². The van der Waals surface area contributed by atoms with Crippen LogP contribution in [0.25, 0.3) is 0 Å². The molecule has 5 heteroatoms. The first-order valence-electron chi connectivity index (χ1n) is 5.01. The number of rotatable bonds is 5. The maximum Gasteiger partial charge on any atom is 0.256 e. The van der Waals surface area contributed by atoms with E-state index in [0.717, 1.165) is 6.42 Å². The van der Waals surface area contributed by atoms with Crippen molar-refractivity contribution in [2.45, 2.75) is 6.42 Å². The number of nitrogens with zero attached hydrogens (tertiary/aromatic N) is 2. The summed E-state index contributed by atoms with van der Waals surface area (Å²) in [7, 11) is 3.38. The van der Waals surface area contributed by atoms with E-state index in [4.69, 9.17) is 16.3 Å². The minimum absolute atomic E-state index is 0.116. The van der Waals surface area contributed by atoms with Crippen LogP contribution in [0.15, 0.2) is 18.3 Å². The average molecular weight is 243 g/mol. The lowest BCUT2D eigenvalue weighted by Crippen LogP contribution is -2.28. The molecular weight excluding hydrogens is 228 g/mol. The SMILES string of the molecule is COCCCN(C)C(=O)c1cccnc1Cl. The average Bonchev–Trinajstić information content (AvgIpc) is 2.29. The molecule has 16 heavy (non-hydrogen) atoms. The van der Waals surface area contributed by atoms with Crippen molar-refractivity contribution < 1.29 is 9.53 Å². The number of pyridine rings is 1. The number of carbonyl (C=O) groups is 1. The van der Waals surface area contributed by atoms with Crippen molar-refractivity contribution in [3.8, 4) is 0 Å². The third-order valence-corrected chi connectivity index (χ3v) is 2.48. The fourth-order valence-electron chi connectivity index (χ4n) is 1.30. The molecule has 0 saturated heterocycles. The zero-order chi connectivity index (χ0) is 12.0. The van der Waals surface area contributed by atoms with E-state index in [1.165, 1.54) is 0 Å². The summed E-state index contributed by atoms with van der Waals surface area (Å²) in [6.07, 6.45) is 2.36. The highest BCUT2D eigenvalue weighted by atomic mass is 35.5. The number of carbonyl (C=O) groups excluding carboxylic acids is 1. The molecule has 0 radical (unpaired) electrons. The molecule has 0 aliphatic rings. The third kappa shape index (κ3) is 3.47. The molecule has 88 valence electrons. The summed E-state index contributed by atoms with van der Waals surface area (Å²) in [6, 6.07) is 3.37. The second-order valence-corrected chi connectivity index (χ2v) is 3.77. The first-order valence-corrected chi connectivity index (χ1v) is 5.39. The Kier molecular flexibility index (Phi) is 5.22. The highest BCUT2D eigenvalue weighted by Gasteiger charge is 2.14. The Labute approximate surface area is 100 Å². The number of ether oxygens (including phenoxy) is 1. The summed E-state index contributed by atoms with van der Waals surface area (Å²) in [6.45, 7) is 1.27. The standard InChI is InChI=1S/C11H15ClN2O2/c1-14(7-4-8-16-2)11(15)9-5-3-6-13-10(9)12/h3,5-6H,4,7-8H2,1-2H3. The van der Waals surface area contributed by atoms with Crippen LogP contribution in [0.5, 0.6) is 0 Å². The number of hydrogen-bond acceptors (Lipinski definition) is 3. The predicted octanol–water partition coefficient (Wildman–Crippen LogP) is 1.84. The Morgan fingerprint density at radius 1 is 1.62 bits per heavy atom. The Bertz CT molecular complexity index is 358. The van der Waals surface area contributed by atoms with Crippen LogP contribution in [-0.4, -0.2) is 43.1 Å². The van der Waals surface area contributed by atoms with Crippen LogP contribution in [-0.2, 0) is 4.74 Å². The van der Waals surface area contributed by atoms with Crippen LogP contribution in [0, 0.1) is 0 Å². The van der Waals surface area contributed by atoms with Crippen LogP contribution in [0.2, 0.25) is 5.15 Å². The van der Waals surface area contributed by atoms with Gasteiger partial charge in [-0.25, -0.2) is 4.98 Å². The molecule has 1 aromatic rings. The molecule has 0 bridgehead atoms. The number of halogens is 1. The van der Waals surface area contributed by atoms with E-state index in [9.17, 15) is 4.79 Å². The summed E-state index contributed by atoms with van der Waals surface area (Å²) >= 11 is 5.84. The summed E-state index contributed by atoms with van der Waals surface area (Å²) in [4.78, 5) is 17.4. The van der Waals surface area contributed by atoms with Gasteiger partial charge in [0.2, 0.25) is 0 Å². The summed E-state index contributed by atoms with van der Waals surface area (Å²) in [5.41, 5.74) is 0.434. The quantitative estimate of drug-likeness (QED) is 0.585. The van der Waals surface area contributed by atoms with Crippen molar-refractivity contribution in [3.05, 3.63) is 29.0 Å². The number of amides is 1. The summed E-state index contributed by atoms with van der Waals surface area (Å²) < 4.78 is 4.93. The van der Waals surface area contributed by atoms with Gasteiger partial charge in [-0.15, -0.1) is 0 Å². The minimum atomic E-state index is -0.116. The molecule has 0 N–H and O–H groups in total. The second kappa shape index (κ2) is 6.45. The largest absolute Gasteiger partial charge is 0.385 e. The summed E-state index contributed by atoms with van der Waals surface area (Å²) in [5, 5.41) is 0.242. The fraction of sp³-hybridized carbons (Fsp3) is 0.455. The van der Waals surface area contributed by atoms with Gasteiger partial charge in [-0.2, -0.15) is 0 Å². The molecular formula is C11H15ClN2O2. The number of aromatic nitrogens is 1. The molecule has 0 fully saturated rings. The Hall–Kier alpha value is -1.13. The van der Waals surface area contributed by atoms with Gasteiger partial charge in [0.15, 0.2) is 0 Å². The molecule has 0 aliphatic carbocycles. The minimum Gasteiger partial charge on any atom is -0.385 e. The molecule has 1 rings (SSSR count). The first kappa shape index (κ1) is 12.9. The molecule has 1 amide bonds. The smallest absolute Gasteiger partial charge is 0.256 e. The maximum atomic E-state index is 11.9. The summed E-state index contributed by atoms with van der Waals surface area (Å²) in [5.74, 6) is -0.116. The van der Waals surface area contributed by atoms with Gasteiger partial charge < -0.3 is 9.64 Å². The van der Waals surface area contributed by atoms with Gasteiger partial charge in [0.1, 0.15) is 5.15 Å². The van der Waals surface area contributed by atoms with Gasteiger partial charge in [0.05, 0.1) is 5.56 Å². The lowest BCUT2D eigenvalue weighted by molar-refractivity contribution is 0.0779. The normalized spacial score (nSPS) is 10.2. The van der Waals surface area contributed by atoms with E-state index in [1.807, 2.05) is 0 Å². The van der Waals surface area contributed by atoms with Gasteiger partial charge in [-0.1, -0.05) is 11.6 Å². The second-order valence-electron chi connectivity index (χ2n) is 3.41. The zero-order valence-corrected chi connectivity index (χ0v) is 10.2. The number of hydrogen-bond donors (Lipinski definition) is 0. The molecule has 4 nitrogen and oxygen atoms in total. The topological polar surface area (TPSA) is 42.4 Å². The molecule has 0 aromatic carbocycles. The van der Waals surface area contributed by atoms with Gasteiger partial charge in [0.25, 0.3) is 5.91 Å². The highest BCUT2D eigenvalue weighted by molar-refractivity contribution is 6.32. The predicted molar refractivity (Wildman–Crippen MR) is 62.7 cm³/mol. The molecule has 0 aliphatic heterocycles. The molecule has 0 saturated carbocycles. The van der Waals surface area contributed by atoms with Crippen LogP contribution < -0.4 is 0 Å². The van der Waals surface area contributed by atoms with Crippen LogP contribution in [0.4, 0.5) is 0 Å². The molecule has 1 heterocycles. The lowest BCUT2D eigenvalue weighted by Gasteiger charge is -2.17. The van der Waals surface area contributed by atoms with Crippen molar-refractivity contribution in [1.82, 2.24) is 9.88 Å². The molecule has 1 aromatic heterocycles. The van der Waals surface area contributed by atoms with Crippen molar-refractivity contribution in [2.24, 2.45) is 0 Å². The van der Waals surface area contributed by atoms with Crippen molar-refractivity contribution in [2.75, 3.05) is 27.3 Å². The third-order valence-electron chi connectivity index (χ3n) is 2.18. The van der Waals surface area contributed by atoms with E-state index in [1.54, 1.807) is 37.4 Å². The molecule has 0 spiro atoms. The van der Waals surface area contributed by atoms with Crippen molar-refractivity contribution in [1.29, 1.82) is 0 Å². The van der Waals surface area contributed by atoms with Crippen molar-refractivity contribution in [3.63, 3.8) is 0 Å². The first-order chi connectivity index (χ1) is 7.66. The van der Waals surface area contributed by atoms with Gasteiger partial charge in [-0.05, 0) is 18.6 Å². The zero-order valence-electron chi connectivity index (χ0n) is 9.44. The molecule has 0 unspecified atom stereocenters.